The van der Waals surface area contributed by atoms with Crippen LogP contribution < -0.4 is 5.32 Å². The Morgan fingerprint density at radius 2 is 2.00 bits per heavy atom. The van der Waals surface area contributed by atoms with E-state index >= 15 is 0 Å². The van der Waals surface area contributed by atoms with Crippen molar-refractivity contribution in [2.75, 3.05) is 18.4 Å². The Morgan fingerprint density at radius 3 is 2.88 bits per heavy atom. The molecule has 4 heteroatoms. The second-order valence-corrected chi connectivity index (χ2v) is 6.49. The highest BCUT2D eigenvalue weighted by molar-refractivity contribution is 5.82. The van der Waals surface area contributed by atoms with E-state index < -0.39 is 0 Å². The molecule has 3 aromatic rings. The number of likely N-dealkylation sites (tertiary alicyclic amines) is 1. The summed E-state index contributed by atoms with van der Waals surface area (Å²) in [5.74, 6) is 0.919. The lowest BCUT2D eigenvalue weighted by Gasteiger charge is -2.33. The Morgan fingerprint density at radius 1 is 1.08 bits per heavy atom. The minimum Gasteiger partial charge on any atom is -0.366 e. The number of rotatable bonds is 4. The summed E-state index contributed by atoms with van der Waals surface area (Å²) >= 11 is 0. The lowest BCUT2D eigenvalue weighted by atomic mass is 10.0. The summed E-state index contributed by atoms with van der Waals surface area (Å²) in [6.45, 7) is 3.22. The number of nitrogens with one attached hydrogen (secondary N) is 1. The van der Waals surface area contributed by atoms with Crippen LogP contribution in [0.15, 0.2) is 61.1 Å². The van der Waals surface area contributed by atoms with Crippen molar-refractivity contribution < 1.29 is 0 Å². The lowest BCUT2D eigenvalue weighted by molar-refractivity contribution is 0.208. The second kappa shape index (κ2) is 6.97. The third-order valence-corrected chi connectivity index (χ3v) is 4.66. The third kappa shape index (κ3) is 3.54. The van der Waals surface area contributed by atoms with Gasteiger partial charge in [-0.15, -0.1) is 0 Å². The van der Waals surface area contributed by atoms with Crippen LogP contribution >= 0.6 is 0 Å². The highest BCUT2D eigenvalue weighted by Crippen LogP contribution is 2.20. The molecule has 1 aliphatic heterocycles. The van der Waals surface area contributed by atoms with Crippen LogP contribution in [0.5, 0.6) is 0 Å². The zero-order valence-corrected chi connectivity index (χ0v) is 13.7. The molecule has 1 saturated heterocycles. The maximum atomic E-state index is 4.28. The molecule has 24 heavy (non-hydrogen) atoms. The van der Waals surface area contributed by atoms with E-state index in [4.69, 9.17) is 0 Å². The zero-order chi connectivity index (χ0) is 16.2. The van der Waals surface area contributed by atoms with Gasteiger partial charge in [-0.1, -0.05) is 36.4 Å². The third-order valence-electron chi connectivity index (χ3n) is 4.66. The molecule has 1 aliphatic rings. The molecule has 0 amide bonds. The first-order valence-electron chi connectivity index (χ1n) is 8.59. The number of nitrogens with zero attached hydrogens (tertiary/aromatic N) is 3. The van der Waals surface area contributed by atoms with Crippen LogP contribution in [0.2, 0.25) is 0 Å². The molecule has 1 fully saturated rings. The summed E-state index contributed by atoms with van der Waals surface area (Å²) in [6, 6.07) is 17.7. The van der Waals surface area contributed by atoms with Crippen LogP contribution in [0.25, 0.3) is 10.8 Å². The van der Waals surface area contributed by atoms with Crippen molar-refractivity contribution in [2.45, 2.75) is 25.4 Å². The van der Waals surface area contributed by atoms with Gasteiger partial charge in [-0.2, -0.15) is 0 Å². The molecule has 1 N–H and O–H groups in total. The van der Waals surface area contributed by atoms with Crippen LogP contribution in [0.1, 0.15) is 18.4 Å². The number of hydrogen-bond donors (Lipinski definition) is 1. The van der Waals surface area contributed by atoms with E-state index in [0.29, 0.717) is 6.04 Å². The fraction of sp³-hybridized carbons (Fsp3) is 0.300. The van der Waals surface area contributed by atoms with Crippen molar-refractivity contribution in [3.63, 3.8) is 0 Å². The van der Waals surface area contributed by atoms with Gasteiger partial charge in [0, 0.05) is 25.3 Å². The Labute approximate surface area is 142 Å². The molecule has 1 atom stereocenters. The average molecular weight is 318 g/mol. The van der Waals surface area contributed by atoms with Gasteiger partial charge >= 0.3 is 0 Å². The minimum atomic E-state index is 0.453. The summed E-state index contributed by atoms with van der Waals surface area (Å²) in [4.78, 5) is 10.8. The predicted octanol–water partition coefficient (Wildman–Crippen LogP) is 3.71. The van der Waals surface area contributed by atoms with Gasteiger partial charge in [-0.3, -0.25) is 4.90 Å². The Hall–Kier alpha value is -2.46. The van der Waals surface area contributed by atoms with E-state index in [-0.39, 0.29) is 0 Å². The van der Waals surface area contributed by atoms with Crippen LogP contribution in [0, 0.1) is 0 Å². The topological polar surface area (TPSA) is 41.0 Å². The molecule has 122 valence electrons. The first kappa shape index (κ1) is 15.1. The van der Waals surface area contributed by atoms with Gasteiger partial charge in [0.15, 0.2) is 0 Å². The molecule has 0 saturated carbocycles. The average Bonchev–Trinajstić information content (AvgIpc) is 2.63. The first-order chi connectivity index (χ1) is 11.9. The summed E-state index contributed by atoms with van der Waals surface area (Å²) in [6.07, 6.45) is 5.79. The number of fused-ring (bicyclic) bond motifs is 1. The zero-order valence-electron chi connectivity index (χ0n) is 13.7. The number of aromatic nitrogens is 2. The van der Waals surface area contributed by atoms with Gasteiger partial charge in [0.1, 0.15) is 12.1 Å². The number of benzene rings is 2. The monoisotopic (exact) mass is 318 g/mol. The molecule has 0 radical (unpaired) electrons. The van der Waals surface area contributed by atoms with Crippen LogP contribution in [0.4, 0.5) is 5.82 Å². The molecule has 0 spiro atoms. The quantitative estimate of drug-likeness (QED) is 0.796. The van der Waals surface area contributed by atoms with Crippen LogP contribution in [0.3, 0.4) is 0 Å². The fourth-order valence-electron chi connectivity index (χ4n) is 3.50. The van der Waals surface area contributed by atoms with Crippen molar-refractivity contribution >= 4 is 16.6 Å². The lowest BCUT2D eigenvalue weighted by Crippen LogP contribution is -2.41. The van der Waals surface area contributed by atoms with Gasteiger partial charge in [0.25, 0.3) is 0 Å². The SMILES string of the molecule is c1ccc2cc(CN3CCCC(Nc4ccncn4)C3)ccc2c1. The van der Waals surface area contributed by atoms with Gasteiger partial charge in [0.2, 0.25) is 0 Å². The first-order valence-corrected chi connectivity index (χ1v) is 8.59. The van der Waals surface area contributed by atoms with E-state index in [1.807, 2.05) is 6.07 Å². The molecular formula is C20H22N4. The van der Waals surface area contributed by atoms with Gasteiger partial charge in [-0.05, 0) is 47.9 Å². The van der Waals surface area contributed by atoms with E-state index in [9.17, 15) is 0 Å². The van der Waals surface area contributed by atoms with E-state index in [1.54, 1.807) is 12.5 Å². The van der Waals surface area contributed by atoms with Gasteiger partial charge in [-0.25, -0.2) is 9.97 Å². The molecule has 2 aromatic carbocycles. The molecule has 2 heterocycles. The maximum absolute atomic E-state index is 4.28. The van der Waals surface area contributed by atoms with Crippen molar-refractivity contribution in [3.8, 4) is 0 Å². The number of hydrogen-bond acceptors (Lipinski definition) is 4. The maximum Gasteiger partial charge on any atom is 0.129 e. The Kier molecular flexibility index (Phi) is 4.38. The van der Waals surface area contributed by atoms with Crippen LogP contribution in [-0.4, -0.2) is 34.0 Å². The van der Waals surface area contributed by atoms with Gasteiger partial charge in [0.05, 0.1) is 0 Å². The molecule has 0 aliphatic carbocycles. The Balaban J connectivity index is 1.42. The summed E-state index contributed by atoms with van der Waals surface area (Å²) < 4.78 is 0. The molecule has 1 aromatic heterocycles. The highest BCUT2D eigenvalue weighted by Gasteiger charge is 2.20. The Bertz CT molecular complexity index is 803. The van der Waals surface area contributed by atoms with Crippen LogP contribution in [-0.2, 0) is 6.54 Å². The molecular weight excluding hydrogens is 296 g/mol. The van der Waals surface area contributed by atoms with Crippen molar-refractivity contribution in [1.82, 2.24) is 14.9 Å². The molecule has 1 unspecified atom stereocenters. The standard InChI is InChI=1S/C20H22N4/c1-2-5-18-12-16(7-8-17(18)4-1)13-24-11-3-6-19(14-24)23-20-9-10-21-15-22-20/h1-2,4-5,7-10,12,15,19H,3,6,11,13-14H2,(H,21,22,23). The fourth-order valence-corrected chi connectivity index (χ4v) is 3.50. The van der Waals surface area contributed by atoms with E-state index in [1.165, 1.54) is 29.2 Å². The molecule has 0 bridgehead atoms. The highest BCUT2D eigenvalue weighted by atomic mass is 15.2. The predicted molar refractivity (Wildman–Crippen MR) is 97.9 cm³/mol. The number of anilines is 1. The summed E-state index contributed by atoms with van der Waals surface area (Å²) in [5.41, 5.74) is 1.39. The van der Waals surface area contributed by atoms with E-state index in [2.05, 4.69) is 62.6 Å². The summed E-state index contributed by atoms with van der Waals surface area (Å²) in [7, 11) is 0. The second-order valence-electron chi connectivity index (χ2n) is 6.49. The van der Waals surface area contributed by atoms with Crippen molar-refractivity contribution in [3.05, 3.63) is 66.6 Å². The van der Waals surface area contributed by atoms with E-state index in [0.717, 1.165) is 25.5 Å². The molecule has 4 rings (SSSR count). The normalized spacial score (nSPS) is 18.6. The minimum absolute atomic E-state index is 0.453. The largest absolute Gasteiger partial charge is 0.366 e. The molecule has 4 nitrogen and oxygen atoms in total. The van der Waals surface area contributed by atoms with Gasteiger partial charge < -0.3 is 5.32 Å². The van der Waals surface area contributed by atoms with Crippen molar-refractivity contribution in [1.29, 1.82) is 0 Å². The number of piperidine rings is 1. The van der Waals surface area contributed by atoms with Crippen molar-refractivity contribution in [2.24, 2.45) is 0 Å². The summed E-state index contributed by atoms with van der Waals surface area (Å²) in [5, 5.41) is 6.16. The smallest absolute Gasteiger partial charge is 0.129 e.